The number of carbonyl (C=O) groups excluding carboxylic acids is 4. The Labute approximate surface area is 368 Å². The number of ether oxygens (including phenoxy) is 1. The van der Waals surface area contributed by atoms with Gasteiger partial charge in [0.15, 0.2) is 0 Å². The van der Waals surface area contributed by atoms with Gasteiger partial charge in [-0.2, -0.15) is 0 Å². The molecule has 6 atom stereocenters. The van der Waals surface area contributed by atoms with Crippen LogP contribution in [0.2, 0.25) is 0 Å². The first kappa shape index (κ1) is 51.4. The lowest BCUT2D eigenvalue weighted by Crippen LogP contribution is -2.59. The minimum atomic E-state index is -1.13. The summed E-state index contributed by atoms with van der Waals surface area (Å²) in [4.78, 5) is 75.4. The van der Waals surface area contributed by atoms with Gasteiger partial charge in [0.25, 0.3) is 5.91 Å². The number of thiazole rings is 1. The van der Waals surface area contributed by atoms with Crippen LogP contribution >= 0.6 is 11.3 Å². The lowest BCUT2D eigenvalue weighted by Gasteiger charge is -2.40. The van der Waals surface area contributed by atoms with Crippen molar-refractivity contribution in [3.05, 3.63) is 45.9 Å². The quantitative estimate of drug-likeness (QED) is 0.0628. The summed E-state index contributed by atoms with van der Waals surface area (Å²) in [7, 11) is 1.98. The fourth-order valence-electron chi connectivity index (χ4n) is 7.98. The molecule has 1 saturated heterocycles. The van der Waals surface area contributed by atoms with Gasteiger partial charge in [0.1, 0.15) is 22.8 Å². The van der Waals surface area contributed by atoms with E-state index in [2.05, 4.69) is 48.5 Å². The van der Waals surface area contributed by atoms with Gasteiger partial charge in [-0.3, -0.25) is 28.9 Å². The minimum Gasteiger partial charge on any atom is -0.481 e. The van der Waals surface area contributed by atoms with Crippen LogP contribution in [0.3, 0.4) is 0 Å². The van der Waals surface area contributed by atoms with E-state index in [1.54, 1.807) is 31.4 Å². The number of unbranched alkanes of at least 4 members (excludes halogenated alkanes) is 3. The highest BCUT2D eigenvalue weighted by molar-refractivity contribution is 7.09. The summed E-state index contributed by atoms with van der Waals surface area (Å²) in [5.41, 5.74) is 5.92. The molecule has 342 valence electrons. The number of carbonyl (C=O) groups is 5. The molecule has 1 aromatic carbocycles. The van der Waals surface area contributed by atoms with Crippen molar-refractivity contribution >= 4 is 46.6 Å². The number of amides is 4. The molecule has 1 aromatic heterocycles. The Morgan fingerprint density at radius 2 is 1.74 bits per heavy atom. The smallest absolute Gasteiger partial charge is 0.309 e. The summed E-state index contributed by atoms with van der Waals surface area (Å²) in [6, 6.07) is 5.41. The molecule has 0 aliphatic carbocycles. The zero-order valence-electron chi connectivity index (χ0n) is 38.3. The van der Waals surface area contributed by atoms with Gasteiger partial charge in [0.05, 0.1) is 18.0 Å². The number of anilines is 1. The van der Waals surface area contributed by atoms with E-state index in [-0.39, 0.29) is 60.3 Å². The Hall–Kier alpha value is -3.92. The third kappa shape index (κ3) is 15.7. The highest BCUT2D eigenvalue weighted by Crippen LogP contribution is 2.32. The van der Waals surface area contributed by atoms with Crippen LogP contribution in [0.4, 0.5) is 5.69 Å². The van der Waals surface area contributed by atoms with Crippen LogP contribution in [-0.2, 0) is 30.3 Å². The fraction of sp³-hybridized carbons (Fsp3) is 0.696. The van der Waals surface area contributed by atoms with E-state index < -0.39 is 35.5 Å². The molecule has 14 nitrogen and oxygen atoms in total. The van der Waals surface area contributed by atoms with E-state index in [4.69, 9.17) is 15.5 Å². The van der Waals surface area contributed by atoms with Crippen LogP contribution in [0.5, 0.6) is 0 Å². The second kappa shape index (κ2) is 25.3. The monoisotopic (exact) mass is 870 g/mol. The maximum atomic E-state index is 14.9. The molecule has 0 bridgehead atoms. The number of likely N-dealkylation sites (tertiary alicyclic amines) is 1. The standard InChI is InChI=1S/C46H75N7O7S/c1-10-13-14-16-24-53(44(57)40(31(6)11-2)51-42(56)36-18-15-17-23-52(36)9)37(30(4)5)26-38(60-12-3)43-50-35(29-61-43)41(55)49-34(27-46(7,8)45(58)59)25-32-19-21-33(22-20-32)48-39(54)28-47/h19-22,29-31,34,36-38,40H,10-18,23-28,47H2,1-9H3,(H,48,54)(H,49,55)(H,51,56)(H,58,59)/t31-,34-,36+,37+,38+,40-/m0/s1. The Morgan fingerprint density at radius 3 is 2.33 bits per heavy atom. The first-order chi connectivity index (χ1) is 29.0. The third-order valence-corrected chi connectivity index (χ3v) is 12.9. The predicted molar refractivity (Wildman–Crippen MR) is 242 cm³/mol. The Bertz CT molecular complexity index is 1700. The highest BCUT2D eigenvalue weighted by atomic mass is 32.1. The van der Waals surface area contributed by atoms with Gasteiger partial charge in [0, 0.05) is 42.7 Å². The zero-order chi connectivity index (χ0) is 45.3. The molecular weight excluding hydrogens is 795 g/mol. The number of nitrogens with one attached hydrogen (secondary N) is 3. The van der Waals surface area contributed by atoms with Gasteiger partial charge in [-0.15, -0.1) is 11.3 Å². The fourth-order valence-corrected chi connectivity index (χ4v) is 8.84. The van der Waals surface area contributed by atoms with Crippen molar-refractivity contribution in [1.82, 2.24) is 25.4 Å². The van der Waals surface area contributed by atoms with E-state index in [9.17, 15) is 29.1 Å². The molecule has 6 N–H and O–H groups in total. The van der Waals surface area contributed by atoms with Crippen molar-refractivity contribution in [2.45, 2.75) is 156 Å². The van der Waals surface area contributed by atoms with Gasteiger partial charge in [0.2, 0.25) is 17.7 Å². The normalized spacial score (nSPS) is 17.2. The van der Waals surface area contributed by atoms with E-state index >= 15 is 0 Å². The van der Waals surface area contributed by atoms with Crippen molar-refractivity contribution in [2.24, 2.45) is 23.0 Å². The number of aromatic nitrogens is 1. The first-order valence-corrected chi connectivity index (χ1v) is 23.3. The molecule has 61 heavy (non-hydrogen) atoms. The average molecular weight is 870 g/mol. The highest BCUT2D eigenvalue weighted by Gasteiger charge is 2.38. The Balaban J connectivity index is 1.90. The van der Waals surface area contributed by atoms with Crippen molar-refractivity contribution in [3.8, 4) is 0 Å². The summed E-state index contributed by atoms with van der Waals surface area (Å²) >= 11 is 1.32. The van der Waals surface area contributed by atoms with E-state index in [0.717, 1.165) is 63.5 Å². The lowest BCUT2D eigenvalue weighted by molar-refractivity contribution is -0.147. The van der Waals surface area contributed by atoms with Gasteiger partial charge in [-0.05, 0) is 96.0 Å². The summed E-state index contributed by atoms with van der Waals surface area (Å²) in [5, 5.41) is 21.3. The molecule has 1 fully saturated rings. The predicted octanol–water partition coefficient (Wildman–Crippen LogP) is 6.80. The number of rotatable bonds is 26. The molecule has 1 aliphatic heterocycles. The Morgan fingerprint density at radius 1 is 1.03 bits per heavy atom. The molecule has 4 amide bonds. The number of carboxylic acid groups (broad SMARTS) is 1. The number of nitrogens with zero attached hydrogens (tertiary/aromatic N) is 3. The number of benzene rings is 1. The number of likely N-dealkylation sites (N-methyl/N-ethyl adjacent to an activating group) is 1. The van der Waals surface area contributed by atoms with E-state index in [1.165, 1.54) is 11.3 Å². The molecule has 2 heterocycles. The van der Waals surface area contributed by atoms with Gasteiger partial charge >= 0.3 is 5.97 Å². The second-order valence-corrected chi connectivity index (χ2v) is 18.6. The molecule has 0 spiro atoms. The molecular formula is C46H75N7O7S. The number of piperidine rings is 1. The first-order valence-electron chi connectivity index (χ1n) is 22.5. The maximum Gasteiger partial charge on any atom is 0.309 e. The molecule has 15 heteroatoms. The van der Waals surface area contributed by atoms with Crippen LogP contribution in [-0.4, -0.2) is 107 Å². The number of hydrogen-bond acceptors (Lipinski definition) is 10. The summed E-state index contributed by atoms with van der Waals surface area (Å²) in [6.45, 7) is 17.3. The SMILES string of the molecule is CCCCCCN(C(=O)[C@@H](NC(=O)[C@H]1CCCCN1C)[C@@H](C)CC)[C@H](C[C@@H](OCC)c1nc(C(=O)N[C@@H](Cc2ccc(NC(=O)CN)cc2)CC(C)(C)C(=O)O)cs1)C(C)C. The number of hydrogen-bond donors (Lipinski definition) is 5. The molecule has 3 rings (SSSR count). The maximum absolute atomic E-state index is 14.9. The van der Waals surface area contributed by atoms with E-state index in [0.29, 0.717) is 36.7 Å². The van der Waals surface area contributed by atoms with Gasteiger partial charge in [-0.1, -0.05) is 78.9 Å². The average Bonchev–Trinajstić information content (AvgIpc) is 3.72. The van der Waals surface area contributed by atoms with Crippen molar-refractivity contribution in [3.63, 3.8) is 0 Å². The van der Waals surface area contributed by atoms with Gasteiger partial charge < -0.3 is 36.4 Å². The van der Waals surface area contributed by atoms with Crippen molar-refractivity contribution < 1.29 is 33.8 Å². The molecule has 2 aromatic rings. The molecule has 0 radical (unpaired) electrons. The van der Waals surface area contributed by atoms with Crippen molar-refractivity contribution in [1.29, 1.82) is 0 Å². The van der Waals surface area contributed by atoms with Crippen LogP contribution < -0.4 is 21.7 Å². The second-order valence-electron chi connectivity index (χ2n) is 17.7. The van der Waals surface area contributed by atoms with Crippen LogP contribution in [0.15, 0.2) is 29.6 Å². The van der Waals surface area contributed by atoms with Crippen molar-refractivity contribution in [2.75, 3.05) is 38.6 Å². The van der Waals surface area contributed by atoms with Crippen LogP contribution in [0.1, 0.15) is 147 Å². The summed E-state index contributed by atoms with van der Waals surface area (Å²) in [6.07, 6.45) is 7.95. The van der Waals surface area contributed by atoms with Crippen LogP contribution in [0.25, 0.3) is 0 Å². The largest absolute Gasteiger partial charge is 0.481 e. The zero-order valence-corrected chi connectivity index (χ0v) is 39.1. The van der Waals surface area contributed by atoms with Gasteiger partial charge in [-0.25, -0.2) is 4.98 Å². The van der Waals surface area contributed by atoms with E-state index in [1.807, 2.05) is 37.9 Å². The number of aliphatic carboxylic acids is 1. The molecule has 1 aliphatic rings. The number of nitrogens with two attached hydrogens (primary N) is 1. The Kier molecular flexibility index (Phi) is 21.3. The summed E-state index contributed by atoms with van der Waals surface area (Å²) < 4.78 is 6.36. The van der Waals surface area contributed by atoms with Crippen LogP contribution in [0, 0.1) is 17.3 Å². The minimum absolute atomic E-state index is 0.0444. The topological polar surface area (TPSA) is 196 Å². The third-order valence-electron chi connectivity index (χ3n) is 12.0. The molecule has 0 saturated carbocycles. The summed E-state index contributed by atoms with van der Waals surface area (Å²) in [5.74, 6) is -1.92. The number of carboxylic acids is 1. The lowest BCUT2D eigenvalue weighted by atomic mass is 9.84. The molecule has 0 unspecified atom stereocenters.